The van der Waals surface area contributed by atoms with Gasteiger partial charge in [-0.3, -0.25) is 0 Å². The summed E-state index contributed by atoms with van der Waals surface area (Å²) >= 11 is 6.17. The van der Waals surface area contributed by atoms with Gasteiger partial charge in [-0.1, -0.05) is 11.6 Å². The molecule has 0 saturated carbocycles. The fourth-order valence-corrected chi connectivity index (χ4v) is 2.34. The molecule has 4 nitrogen and oxygen atoms in total. The summed E-state index contributed by atoms with van der Waals surface area (Å²) in [6, 6.07) is 0.442. The fourth-order valence-electron chi connectivity index (χ4n) is 2.03. The number of aryl methyl sites for hydroxylation is 2. The zero-order chi connectivity index (χ0) is 12.4. The molecule has 0 amide bonds. The molecule has 1 aromatic rings. The van der Waals surface area contributed by atoms with Crippen LogP contribution in [0.1, 0.15) is 24.2 Å². The second kappa shape index (κ2) is 5.19. The minimum atomic E-state index is 0.442. The van der Waals surface area contributed by atoms with Crippen LogP contribution in [0.15, 0.2) is 0 Å². The van der Waals surface area contributed by atoms with Gasteiger partial charge in [0.2, 0.25) is 0 Å². The molecule has 0 radical (unpaired) electrons. The summed E-state index contributed by atoms with van der Waals surface area (Å²) in [5.74, 6) is 0.779. The van der Waals surface area contributed by atoms with Crippen molar-refractivity contribution in [3.8, 4) is 0 Å². The van der Waals surface area contributed by atoms with E-state index in [1.807, 2.05) is 20.9 Å². The zero-order valence-corrected chi connectivity index (χ0v) is 11.3. The molecule has 0 unspecified atom stereocenters. The number of nitrogens with zero attached hydrogens (tertiary/aromatic N) is 3. The van der Waals surface area contributed by atoms with Crippen molar-refractivity contribution in [2.45, 2.75) is 32.7 Å². The number of hydrogen-bond donors (Lipinski definition) is 0. The lowest BCUT2D eigenvalue weighted by molar-refractivity contribution is 0.0853. The van der Waals surface area contributed by atoms with Crippen molar-refractivity contribution in [2.24, 2.45) is 0 Å². The summed E-state index contributed by atoms with van der Waals surface area (Å²) in [6.45, 7) is 5.50. The third-order valence-corrected chi connectivity index (χ3v) is 3.57. The van der Waals surface area contributed by atoms with Crippen LogP contribution in [-0.2, 0) is 4.74 Å². The van der Waals surface area contributed by atoms with Gasteiger partial charge < -0.3 is 9.64 Å². The van der Waals surface area contributed by atoms with Crippen molar-refractivity contribution in [3.05, 3.63) is 16.5 Å². The van der Waals surface area contributed by atoms with Gasteiger partial charge in [0.05, 0.1) is 11.4 Å². The molecule has 0 aromatic carbocycles. The molecule has 17 heavy (non-hydrogen) atoms. The third kappa shape index (κ3) is 2.69. The second-order valence-electron chi connectivity index (χ2n) is 4.46. The maximum atomic E-state index is 6.17. The summed E-state index contributed by atoms with van der Waals surface area (Å²) in [4.78, 5) is 11.0. The van der Waals surface area contributed by atoms with Gasteiger partial charge >= 0.3 is 0 Å². The lowest BCUT2D eigenvalue weighted by Gasteiger charge is -2.32. The summed E-state index contributed by atoms with van der Waals surface area (Å²) in [6.07, 6.45) is 2.03. The molecule has 0 bridgehead atoms. The summed E-state index contributed by atoms with van der Waals surface area (Å²) in [5, 5.41) is 0.488. The highest BCUT2D eigenvalue weighted by Crippen LogP contribution is 2.26. The van der Waals surface area contributed by atoms with Gasteiger partial charge in [-0.25, -0.2) is 9.97 Å². The first-order valence-corrected chi connectivity index (χ1v) is 6.28. The molecule has 1 saturated heterocycles. The lowest BCUT2D eigenvalue weighted by Crippen LogP contribution is -2.37. The maximum Gasteiger partial charge on any atom is 0.171 e. The summed E-state index contributed by atoms with van der Waals surface area (Å²) in [5.41, 5.74) is 1.82. The van der Waals surface area contributed by atoms with Crippen LogP contribution >= 0.6 is 11.6 Å². The van der Waals surface area contributed by atoms with Crippen LogP contribution in [0.2, 0.25) is 5.15 Å². The number of halogens is 1. The smallest absolute Gasteiger partial charge is 0.171 e. The number of rotatable bonds is 2. The molecule has 0 N–H and O–H groups in total. The molecule has 0 spiro atoms. The van der Waals surface area contributed by atoms with Crippen LogP contribution in [0.25, 0.3) is 0 Å². The van der Waals surface area contributed by atoms with E-state index in [2.05, 4.69) is 14.9 Å². The molecule has 1 aliphatic rings. The Morgan fingerprint density at radius 1 is 1.18 bits per heavy atom. The second-order valence-corrected chi connectivity index (χ2v) is 4.82. The molecule has 2 rings (SSSR count). The van der Waals surface area contributed by atoms with E-state index < -0.39 is 0 Å². The summed E-state index contributed by atoms with van der Waals surface area (Å²) < 4.78 is 5.36. The Hall–Kier alpha value is -0.870. The van der Waals surface area contributed by atoms with E-state index in [0.29, 0.717) is 11.2 Å². The van der Waals surface area contributed by atoms with E-state index in [1.54, 1.807) is 0 Å². The molecule has 1 aliphatic heterocycles. The first-order chi connectivity index (χ1) is 8.09. The van der Waals surface area contributed by atoms with Gasteiger partial charge in [-0.2, -0.15) is 0 Å². The standard InChI is InChI=1S/C12H18ClN3O/c1-8-9(2)15-12(11(13)14-8)16(3)10-4-6-17-7-5-10/h10H,4-7H2,1-3H3. The predicted molar refractivity (Wildman–Crippen MR) is 68.8 cm³/mol. The van der Waals surface area contributed by atoms with Gasteiger partial charge in [-0.05, 0) is 26.7 Å². The Morgan fingerprint density at radius 3 is 2.41 bits per heavy atom. The monoisotopic (exact) mass is 255 g/mol. The van der Waals surface area contributed by atoms with Gasteiger partial charge in [0.15, 0.2) is 11.0 Å². The fraction of sp³-hybridized carbons (Fsp3) is 0.667. The molecule has 94 valence electrons. The van der Waals surface area contributed by atoms with E-state index in [9.17, 15) is 0 Å². The number of anilines is 1. The highest BCUT2D eigenvalue weighted by atomic mass is 35.5. The molecule has 1 aromatic heterocycles. The van der Waals surface area contributed by atoms with Crippen LogP contribution in [-0.4, -0.2) is 36.3 Å². The van der Waals surface area contributed by atoms with E-state index >= 15 is 0 Å². The molecule has 2 heterocycles. The molecule has 1 fully saturated rings. The Bertz CT molecular complexity index is 405. The van der Waals surface area contributed by atoms with Gasteiger partial charge in [0, 0.05) is 26.3 Å². The van der Waals surface area contributed by atoms with E-state index in [1.165, 1.54) is 0 Å². The number of aromatic nitrogens is 2. The average molecular weight is 256 g/mol. The maximum absolute atomic E-state index is 6.17. The van der Waals surface area contributed by atoms with Crippen LogP contribution in [0, 0.1) is 13.8 Å². The molecular formula is C12H18ClN3O. The molecule has 0 aliphatic carbocycles. The molecular weight excluding hydrogens is 238 g/mol. The van der Waals surface area contributed by atoms with Crippen molar-refractivity contribution < 1.29 is 4.74 Å². The van der Waals surface area contributed by atoms with Crippen LogP contribution in [0.3, 0.4) is 0 Å². The Balaban J connectivity index is 2.23. The van der Waals surface area contributed by atoms with Crippen molar-refractivity contribution in [1.29, 1.82) is 0 Å². The Kier molecular flexibility index (Phi) is 3.84. The van der Waals surface area contributed by atoms with E-state index in [-0.39, 0.29) is 0 Å². The van der Waals surface area contributed by atoms with Crippen LogP contribution < -0.4 is 4.90 Å². The first kappa shape index (κ1) is 12.6. The normalized spacial score (nSPS) is 17.2. The highest BCUT2D eigenvalue weighted by molar-refractivity contribution is 6.31. The Morgan fingerprint density at radius 2 is 1.76 bits per heavy atom. The topological polar surface area (TPSA) is 38.2 Å². The highest BCUT2D eigenvalue weighted by Gasteiger charge is 2.22. The number of hydrogen-bond acceptors (Lipinski definition) is 4. The van der Waals surface area contributed by atoms with Gasteiger partial charge in [0.1, 0.15) is 0 Å². The minimum absolute atomic E-state index is 0.442. The van der Waals surface area contributed by atoms with E-state index in [0.717, 1.165) is 43.3 Å². The zero-order valence-electron chi connectivity index (χ0n) is 10.5. The predicted octanol–water partition coefficient (Wildman–Crippen LogP) is 2.36. The van der Waals surface area contributed by atoms with Gasteiger partial charge in [0.25, 0.3) is 0 Å². The van der Waals surface area contributed by atoms with Crippen molar-refractivity contribution in [3.63, 3.8) is 0 Å². The molecule has 0 atom stereocenters. The van der Waals surface area contributed by atoms with Gasteiger partial charge in [-0.15, -0.1) is 0 Å². The van der Waals surface area contributed by atoms with E-state index in [4.69, 9.17) is 16.3 Å². The SMILES string of the molecule is Cc1nc(Cl)c(N(C)C2CCOCC2)nc1C. The Labute approximate surface area is 107 Å². The van der Waals surface area contributed by atoms with Crippen molar-refractivity contribution in [2.75, 3.05) is 25.2 Å². The first-order valence-electron chi connectivity index (χ1n) is 5.91. The van der Waals surface area contributed by atoms with Crippen LogP contribution in [0.4, 0.5) is 5.82 Å². The van der Waals surface area contributed by atoms with Crippen molar-refractivity contribution >= 4 is 17.4 Å². The van der Waals surface area contributed by atoms with Crippen LogP contribution in [0.5, 0.6) is 0 Å². The molecule has 5 heteroatoms. The average Bonchev–Trinajstić information content (AvgIpc) is 2.34. The third-order valence-electron chi connectivity index (χ3n) is 3.32. The number of ether oxygens (including phenoxy) is 1. The quantitative estimate of drug-likeness (QED) is 0.813. The van der Waals surface area contributed by atoms with Crippen molar-refractivity contribution in [1.82, 2.24) is 9.97 Å². The summed E-state index contributed by atoms with van der Waals surface area (Å²) in [7, 11) is 2.03. The largest absolute Gasteiger partial charge is 0.381 e. The minimum Gasteiger partial charge on any atom is -0.381 e. The lowest BCUT2D eigenvalue weighted by atomic mass is 10.1.